The van der Waals surface area contributed by atoms with Crippen LogP contribution in [0.5, 0.6) is 0 Å². The van der Waals surface area contributed by atoms with E-state index in [2.05, 4.69) is 10.8 Å². The Morgan fingerprint density at radius 1 is 1.24 bits per heavy atom. The van der Waals surface area contributed by atoms with E-state index in [1.54, 1.807) is 6.08 Å². The van der Waals surface area contributed by atoms with E-state index in [0.29, 0.717) is 12.0 Å². The third-order valence-corrected chi connectivity index (χ3v) is 5.44. The predicted octanol–water partition coefficient (Wildman–Crippen LogP) is 4.36. The summed E-state index contributed by atoms with van der Waals surface area (Å²) in [7, 11) is 0.793. The van der Waals surface area contributed by atoms with Gasteiger partial charge in [-0.2, -0.15) is 0 Å². The van der Waals surface area contributed by atoms with E-state index in [1.165, 1.54) is 13.2 Å². The lowest BCUT2D eigenvalue weighted by atomic mass is 9.77. The van der Waals surface area contributed by atoms with Gasteiger partial charge in [-0.15, -0.1) is 0 Å². The minimum Gasteiger partial charge on any atom is -0.502 e. The van der Waals surface area contributed by atoms with E-state index in [4.69, 9.17) is 14.0 Å². The summed E-state index contributed by atoms with van der Waals surface area (Å²) in [6.07, 6.45) is 9.86. The van der Waals surface area contributed by atoms with Gasteiger partial charge in [0.15, 0.2) is 0 Å². The molecule has 1 aliphatic carbocycles. The molecule has 6 nitrogen and oxygen atoms in total. The van der Waals surface area contributed by atoms with Crippen LogP contribution < -0.4 is 0 Å². The van der Waals surface area contributed by atoms with Crippen LogP contribution in [0.25, 0.3) is 0 Å². The molecule has 1 saturated heterocycles. The maximum atomic E-state index is 11.4. The third kappa shape index (κ3) is 5.43. The minimum absolute atomic E-state index is 0.209. The molecule has 2 rings (SSSR count). The number of rotatable bonds is 6. The Morgan fingerprint density at radius 3 is 2.41 bits per heavy atom. The van der Waals surface area contributed by atoms with Crippen molar-refractivity contribution in [1.82, 2.24) is 0 Å². The highest BCUT2D eigenvalue weighted by atomic mass is 16.7. The van der Waals surface area contributed by atoms with Gasteiger partial charge in [-0.3, -0.25) is 0 Å². The van der Waals surface area contributed by atoms with Gasteiger partial charge in [0.05, 0.1) is 18.3 Å². The average molecular weight is 402 g/mol. The molecule has 0 saturated carbocycles. The van der Waals surface area contributed by atoms with Crippen molar-refractivity contribution >= 4 is 13.1 Å². The molecule has 2 aliphatic rings. The molecular formula is C22H31BO6. The molecule has 0 radical (unpaired) electrons. The molecule has 0 aromatic carbocycles. The number of carbonyl (C=O) groups is 1. The molecule has 0 aromatic heterocycles. The fourth-order valence-corrected chi connectivity index (χ4v) is 2.87. The zero-order chi connectivity index (χ0) is 21.8. The molecule has 1 aliphatic heterocycles. The van der Waals surface area contributed by atoms with Crippen molar-refractivity contribution < 1.29 is 28.7 Å². The second kappa shape index (κ2) is 9.05. The molecule has 29 heavy (non-hydrogen) atoms. The monoisotopic (exact) mass is 402 g/mol. The zero-order valence-corrected chi connectivity index (χ0v) is 18.4. The lowest BCUT2D eigenvalue weighted by Crippen LogP contribution is -2.41. The summed E-state index contributed by atoms with van der Waals surface area (Å²) in [4.78, 5) is 11.4. The Bertz CT molecular complexity index is 782. The van der Waals surface area contributed by atoms with Crippen molar-refractivity contribution in [2.75, 3.05) is 13.7 Å². The lowest BCUT2D eigenvalue weighted by Gasteiger charge is -2.32. The molecule has 1 fully saturated rings. The molecule has 0 bridgehead atoms. The van der Waals surface area contributed by atoms with Crippen LogP contribution >= 0.6 is 0 Å². The number of methoxy groups -OCH3 is 1. The molecule has 1 N–H and O–H groups in total. The van der Waals surface area contributed by atoms with Crippen LogP contribution in [-0.4, -0.2) is 43.1 Å². The summed E-state index contributed by atoms with van der Waals surface area (Å²) >= 11 is 0. The molecular weight excluding hydrogens is 371 g/mol. The number of ether oxygens (including phenoxy) is 2. The molecule has 0 spiro atoms. The van der Waals surface area contributed by atoms with E-state index < -0.39 is 30.0 Å². The highest BCUT2D eigenvalue weighted by Crippen LogP contribution is 2.39. The summed E-state index contributed by atoms with van der Waals surface area (Å²) in [5, 5.41) is 9.72. The summed E-state index contributed by atoms with van der Waals surface area (Å²) < 4.78 is 22.7. The quantitative estimate of drug-likeness (QED) is 0.234. The first-order chi connectivity index (χ1) is 13.5. The maximum absolute atomic E-state index is 11.4. The van der Waals surface area contributed by atoms with Gasteiger partial charge in [-0.05, 0) is 76.7 Å². The Kier molecular flexibility index (Phi) is 7.19. The fraction of sp³-hybridized carbons (Fsp3) is 0.500. The number of carbonyl (C=O) groups excluding carboxylic acids is 1. The van der Waals surface area contributed by atoms with Crippen LogP contribution in [0.2, 0.25) is 0 Å². The number of hydrogen-bond donors (Lipinski definition) is 1. The van der Waals surface area contributed by atoms with Gasteiger partial charge in [-0.1, -0.05) is 18.2 Å². The van der Waals surface area contributed by atoms with Crippen LogP contribution in [0.15, 0.2) is 58.5 Å². The highest BCUT2D eigenvalue weighted by Gasteiger charge is 2.52. The van der Waals surface area contributed by atoms with Crippen molar-refractivity contribution in [3.05, 3.63) is 58.5 Å². The minimum atomic E-state index is -0.787. The second-order valence-corrected chi connectivity index (χ2v) is 8.10. The van der Waals surface area contributed by atoms with Crippen molar-refractivity contribution in [1.29, 1.82) is 0 Å². The lowest BCUT2D eigenvalue weighted by molar-refractivity contribution is -0.139. The molecule has 0 atom stereocenters. The molecule has 0 amide bonds. The molecule has 158 valence electrons. The van der Waals surface area contributed by atoms with Gasteiger partial charge >= 0.3 is 13.1 Å². The summed E-state index contributed by atoms with van der Waals surface area (Å²) in [6, 6.07) is 0. The van der Waals surface area contributed by atoms with Gasteiger partial charge in [0.2, 0.25) is 5.76 Å². The van der Waals surface area contributed by atoms with Crippen molar-refractivity contribution in [3.8, 4) is 0 Å². The topological polar surface area (TPSA) is 74.2 Å². The number of aliphatic hydroxyl groups is 1. The van der Waals surface area contributed by atoms with E-state index in [0.717, 1.165) is 16.8 Å². The van der Waals surface area contributed by atoms with E-state index in [-0.39, 0.29) is 6.61 Å². The second-order valence-electron chi connectivity index (χ2n) is 8.10. The predicted molar refractivity (Wildman–Crippen MR) is 113 cm³/mol. The number of aliphatic hydroxyl groups excluding tert-OH is 1. The smallest absolute Gasteiger partial charge is 0.494 e. The van der Waals surface area contributed by atoms with Gasteiger partial charge in [0.1, 0.15) is 12.4 Å². The largest absolute Gasteiger partial charge is 0.502 e. The molecule has 0 unspecified atom stereocenters. The SMILES string of the molecule is C/C=C(/C=C(\O)C(=O)OC)COC1=CCC=C(B2OC(C)(C)C(C)(C)O2)C=C1C. The summed E-state index contributed by atoms with van der Waals surface area (Å²) in [5.74, 6) is -0.514. The van der Waals surface area contributed by atoms with Gasteiger partial charge < -0.3 is 23.9 Å². The summed E-state index contributed by atoms with van der Waals surface area (Å²) in [5.41, 5.74) is 1.78. The first-order valence-electron chi connectivity index (χ1n) is 9.72. The number of hydrogen-bond acceptors (Lipinski definition) is 6. The molecule has 1 heterocycles. The van der Waals surface area contributed by atoms with Crippen LogP contribution in [-0.2, 0) is 23.6 Å². The Morgan fingerprint density at radius 2 is 1.86 bits per heavy atom. The normalized spacial score (nSPS) is 21.8. The van der Waals surface area contributed by atoms with Crippen LogP contribution in [0, 0.1) is 0 Å². The van der Waals surface area contributed by atoms with Crippen LogP contribution in [0.4, 0.5) is 0 Å². The zero-order valence-electron chi connectivity index (χ0n) is 18.4. The average Bonchev–Trinajstić information content (AvgIpc) is 2.78. The molecule has 7 heteroatoms. The Hall–Kier alpha value is -2.25. The van der Waals surface area contributed by atoms with E-state index >= 15 is 0 Å². The van der Waals surface area contributed by atoms with Gasteiger partial charge in [-0.25, -0.2) is 4.79 Å². The Balaban J connectivity index is 2.06. The van der Waals surface area contributed by atoms with Crippen LogP contribution in [0.3, 0.4) is 0 Å². The van der Waals surface area contributed by atoms with Crippen molar-refractivity contribution in [2.24, 2.45) is 0 Å². The van der Waals surface area contributed by atoms with E-state index in [9.17, 15) is 9.90 Å². The standard InChI is InChI=1S/C22H31BO6/c1-8-16(13-18(24)20(25)26-7)14-27-19-11-9-10-17(12-15(19)2)23-28-21(3,4)22(5,6)29-23/h8,10-13,24H,9,14H2,1-7H3/b16-8-,18-13-. The van der Waals surface area contributed by atoms with E-state index in [1.807, 2.05) is 53.7 Å². The maximum Gasteiger partial charge on any atom is 0.494 e. The number of allylic oxidation sites excluding steroid dienone is 6. The number of esters is 1. The first-order valence-corrected chi connectivity index (χ1v) is 9.72. The molecule has 0 aromatic rings. The highest BCUT2D eigenvalue weighted by molar-refractivity contribution is 6.55. The van der Waals surface area contributed by atoms with Crippen molar-refractivity contribution in [3.63, 3.8) is 0 Å². The third-order valence-electron chi connectivity index (χ3n) is 5.44. The first kappa shape index (κ1) is 23.0. The van der Waals surface area contributed by atoms with Gasteiger partial charge in [0.25, 0.3) is 0 Å². The summed E-state index contributed by atoms with van der Waals surface area (Å²) in [6.45, 7) is 12.1. The van der Waals surface area contributed by atoms with Crippen LogP contribution in [0.1, 0.15) is 48.0 Å². The van der Waals surface area contributed by atoms with Gasteiger partial charge in [0, 0.05) is 0 Å². The fourth-order valence-electron chi connectivity index (χ4n) is 2.87. The van der Waals surface area contributed by atoms with Crippen molar-refractivity contribution in [2.45, 2.75) is 59.2 Å². The Labute approximate surface area is 173 Å².